The fourth-order valence-corrected chi connectivity index (χ4v) is 4.24. The van der Waals surface area contributed by atoms with E-state index < -0.39 is 36.9 Å². The molecule has 0 aromatic heterocycles. The molecule has 0 aromatic rings. The van der Waals surface area contributed by atoms with Gasteiger partial charge in [0.15, 0.2) is 6.10 Å². The van der Waals surface area contributed by atoms with Crippen molar-refractivity contribution in [1.29, 1.82) is 0 Å². The number of aliphatic hydroxyl groups excluding tert-OH is 5. The third-order valence-electron chi connectivity index (χ3n) is 6.68. The summed E-state index contributed by atoms with van der Waals surface area (Å²) in [6.45, 7) is 4.96. The lowest BCUT2D eigenvalue weighted by atomic mass is 10.0. The molecule has 0 spiro atoms. The summed E-state index contributed by atoms with van der Waals surface area (Å²) in [6, 6.07) is 0.273. The summed E-state index contributed by atoms with van der Waals surface area (Å²) in [5.41, 5.74) is 0. The minimum absolute atomic E-state index is 0.273. The van der Waals surface area contributed by atoms with Gasteiger partial charge < -0.3 is 36.2 Å². The number of aliphatic hydroxyl groups is 5. The van der Waals surface area contributed by atoms with Gasteiger partial charge in [-0.1, -0.05) is 97.3 Å². The summed E-state index contributed by atoms with van der Waals surface area (Å²) in [5.74, 6) is -0.803. The van der Waals surface area contributed by atoms with E-state index in [0.717, 1.165) is 25.8 Å². The minimum Gasteiger partial charge on any atom is -0.394 e. The Hall–Kier alpha value is -0.770. The Kier molecular flexibility index (Phi) is 23.1. The van der Waals surface area contributed by atoms with Crippen LogP contribution in [0.4, 0.5) is 0 Å². The van der Waals surface area contributed by atoms with Gasteiger partial charge in [0, 0.05) is 12.6 Å². The van der Waals surface area contributed by atoms with Crippen molar-refractivity contribution in [3.63, 3.8) is 0 Å². The normalized spacial score (nSPS) is 16.0. The lowest BCUT2D eigenvalue weighted by Gasteiger charge is -2.25. The largest absolute Gasteiger partial charge is 0.394 e. The van der Waals surface area contributed by atoms with Crippen LogP contribution in [0.1, 0.15) is 117 Å². The van der Waals surface area contributed by atoms with Crippen molar-refractivity contribution in [2.24, 2.45) is 0 Å². The van der Waals surface area contributed by atoms with E-state index in [2.05, 4.69) is 24.5 Å². The van der Waals surface area contributed by atoms with E-state index in [1.807, 2.05) is 0 Å². The van der Waals surface area contributed by atoms with Crippen molar-refractivity contribution >= 4 is 5.91 Å². The molecule has 5 atom stereocenters. The molecule has 0 radical (unpaired) electrons. The molecule has 0 saturated carbocycles. The van der Waals surface area contributed by atoms with Gasteiger partial charge in [-0.25, -0.2) is 0 Å². The first-order valence-electron chi connectivity index (χ1n) is 14.2. The van der Waals surface area contributed by atoms with E-state index in [1.54, 1.807) is 0 Å². The van der Waals surface area contributed by atoms with Crippen LogP contribution in [0.3, 0.4) is 0 Å². The van der Waals surface area contributed by atoms with Crippen molar-refractivity contribution in [1.82, 2.24) is 10.6 Å². The van der Waals surface area contributed by atoms with Crippen molar-refractivity contribution < 1.29 is 30.3 Å². The quantitative estimate of drug-likeness (QED) is 0.0948. The average Bonchev–Trinajstić information content (AvgIpc) is 2.87. The van der Waals surface area contributed by atoms with Crippen molar-refractivity contribution in [3.8, 4) is 0 Å². The van der Waals surface area contributed by atoms with Gasteiger partial charge >= 0.3 is 0 Å². The predicted octanol–water partition coefficient (Wildman–Crippen LogP) is 2.78. The maximum atomic E-state index is 12.2. The molecule has 0 aliphatic rings. The van der Waals surface area contributed by atoms with Gasteiger partial charge in [0.05, 0.1) is 6.61 Å². The van der Waals surface area contributed by atoms with Crippen molar-refractivity contribution in [3.05, 3.63) is 0 Å². The van der Waals surface area contributed by atoms with Gasteiger partial charge in [-0.3, -0.25) is 4.79 Å². The molecule has 1 amide bonds. The Morgan fingerprint density at radius 1 is 0.657 bits per heavy atom. The van der Waals surface area contributed by atoms with E-state index in [1.165, 1.54) is 77.0 Å². The zero-order chi connectivity index (χ0) is 26.3. The van der Waals surface area contributed by atoms with Crippen LogP contribution in [-0.4, -0.2) is 81.6 Å². The first-order chi connectivity index (χ1) is 16.9. The number of hydrogen-bond acceptors (Lipinski definition) is 7. The van der Waals surface area contributed by atoms with Gasteiger partial charge in [-0.2, -0.15) is 0 Å². The highest BCUT2D eigenvalue weighted by molar-refractivity contribution is 5.81. The Bertz CT molecular complexity index is 483. The second kappa shape index (κ2) is 23.6. The van der Waals surface area contributed by atoms with Crippen LogP contribution < -0.4 is 10.6 Å². The standard InChI is InChI=1S/C27H56N2O6/c1-3-5-7-9-11-12-14-16-19-28-22(17-15-13-10-8-6-4-2)18-20-29-27(35)26(34)25(33)24(32)23(31)21-30/h22-26,28,30-34H,3-21H2,1-2H3,(H,29,35)/t22?,23-,24-,25+,26-/m1/s1. The first kappa shape index (κ1) is 34.2. The van der Waals surface area contributed by atoms with Crippen LogP contribution in [0.5, 0.6) is 0 Å². The van der Waals surface area contributed by atoms with E-state index in [0.29, 0.717) is 13.0 Å². The number of rotatable bonds is 25. The number of nitrogens with one attached hydrogen (secondary N) is 2. The van der Waals surface area contributed by atoms with E-state index in [9.17, 15) is 25.2 Å². The van der Waals surface area contributed by atoms with Gasteiger partial charge in [-0.15, -0.1) is 0 Å². The average molecular weight is 505 g/mol. The third kappa shape index (κ3) is 18.2. The second-order valence-electron chi connectivity index (χ2n) is 9.94. The molecule has 0 fully saturated rings. The smallest absolute Gasteiger partial charge is 0.251 e. The first-order valence-corrected chi connectivity index (χ1v) is 14.2. The lowest BCUT2D eigenvalue weighted by Crippen LogP contribution is -2.52. The van der Waals surface area contributed by atoms with Crippen LogP contribution in [0.25, 0.3) is 0 Å². The van der Waals surface area contributed by atoms with Gasteiger partial charge in [0.2, 0.25) is 0 Å². The zero-order valence-corrected chi connectivity index (χ0v) is 22.5. The molecule has 0 rings (SSSR count). The maximum Gasteiger partial charge on any atom is 0.251 e. The fraction of sp³-hybridized carbons (Fsp3) is 0.963. The second-order valence-corrected chi connectivity index (χ2v) is 9.94. The summed E-state index contributed by atoms with van der Waals surface area (Å²) in [5, 5.41) is 54.1. The highest BCUT2D eigenvalue weighted by atomic mass is 16.4. The molecular formula is C27H56N2O6. The molecule has 0 aliphatic heterocycles. The lowest BCUT2D eigenvalue weighted by molar-refractivity contribution is -0.148. The monoisotopic (exact) mass is 504 g/mol. The fourth-order valence-electron chi connectivity index (χ4n) is 4.24. The Balaban J connectivity index is 4.35. The van der Waals surface area contributed by atoms with Crippen LogP contribution in [0.2, 0.25) is 0 Å². The van der Waals surface area contributed by atoms with Crippen LogP contribution in [-0.2, 0) is 4.79 Å². The summed E-state index contributed by atoms with van der Waals surface area (Å²) >= 11 is 0. The molecule has 8 heteroatoms. The number of unbranched alkanes of at least 4 members (excludes halogenated alkanes) is 12. The zero-order valence-electron chi connectivity index (χ0n) is 22.5. The van der Waals surface area contributed by atoms with Crippen molar-refractivity contribution in [2.75, 3.05) is 19.7 Å². The van der Waals surface area contributed by atoms with E-state index in [4.69, 9.17) is 5.11 Å². The molecule has 0 heterocycles. The highest BCUT2D eigenvalue weighted by Gasteiger charge is 2.34. The molecule has 0 bridgehead atoms. The van der Waals surface area contributed by atoms with Crippen LogP contribution in [0, 0.1) is 0 Å². The molecule has 8 nitrogen and oxygen atoms in total. The maximum absolute atomic E-state index is 12.2. The summed E-state index contributed by atoms with van der Waals surface area (Å²) in [7, 11) is 0. The molecule has 0 aliphatic carbocycles. The molecule has 0 saturated heterocycles. The van der Waals surface area contributed by atoms with E-state index in [-0.39, 0.29) is 6.04 Å². The van der Waals surface area contributed by atoms with Crippen LogP contribution >= 0.6 is 0 Å². The number of hydrogen-bond donors (Lipinski definition) is 7. The topological polar surface area (TPSA) is 142 Å². The number of carbonyl (C=O) groups excluding carboxylic acids is 1. The molecular weight excluding hydrogens is 448 g/mol. The molecule has 210 valence electrons. The SMILES string of the molecule is CCCCCCCCCCNC(CCCCCCCC)CCNC(=O)[C@H](O)[C@@H](O)[C@H](O)[C@H](O)CO. The van der Waals surface area contributed by atoms with Crippen molar-refractivity contribution in [2.45, 2.75) is 147 Å². The van der Waals surface area contributed by atoms with Gasteiger partial charge in [0.1, 0.15) is 18.3 Å². The Labute approximate surface area is 213 Å². The molecule has 1 unspecified atom stereocenters. The van der Waals surface area contributed by atoms with Gasteiger partial charge in [-0.05, 0) is 25.8 Å². The Morgan fingerprint density at radius 2 is 1.17 bits per heavy atom. The van der Waals surface area contributed by atoms with Crippen LogP contribution in [0.15, 0.2) is 0 Å². The Morgan fingerprint density at radius 3 is 1.71 bits per heavy atom. The minimum atomic E-state index is -1.88. The predicted molar refractivity (Wildman–Crippen MR) is 141 cm³/mol. The third-order valence-corrected chi connectivity index (χ3v) is 6.68. The number of carbonyl (C=O) groups is 1. The summed E-state index contributed by atoms with van der Waals surface area (Å²) in [6.07, 6.45) is 12.2. The molecule has 0 aromatic carbocycles. The summed E-state index contributed by atoms with van der Waals surface area (Å²) < 4.78 is 0. The highest BCUT2D eigenvalue weighted by Crippen LogP contribution is 2.12. The summed E-state index contributed by atoms with van der Waals surface area (Å²) in [4.78, 5) is 12.2. The van der Waals surface area contributed by atoms with E-state index >= 15 is 0 Å². The molecule has 35 heavy (non-hydrogen) atoms. The molecule has 7 N–H and O–H groups in total. The number of amides is 1. The van der Waals surface area contributed by atoms with Gasteiger partial charge in [0.25, 0.3) is 5.91 Å².